The monoisotopic (exact) mass is 438 g/mol. The predicted octanol–water partition coefficient (Wildman–Crippen LogP) is 6.12. The molecular formula is C21H12Br2O. The molecule has 1 aliphatic carbocycles. The van der Waals surface area contributed by atoms with E-state index in [1.54, 1.807) is 0 Å². The van der Waals surface area contributed by atoms with Gasteiger partial charge in [0, 0.05) is 20.1 Å². The summed E-state index contributed by atoms with van der Waals surface area (Å²) in [5.41, 5.74) is 1.63. The molecule has 0 fully saturated rings. The lowest BCUT2D eigenvalue weighted by Crippen LogP contribution is -2.26. The lowest BCUT2D eigenvalue weighted by molar-refractivity contribution is 0.131. The van der Waals surface area contributed by atoms with E-state index in [1.165, 1.54) is 0 Å². The van der Waals surface area contributed by atoms with E-state index in [-0.39, 0.29) is 0 Å². The molecule has 0 spiro atoms. The molecule has 5 rings (SSSR count). The van der Waals surface area contributed by atoms with Crippen LogP contribution < -0.4 is 0 Å². The molecule has 0 unspecified atom stereocenters. The summed E-state index contributed by atoms with van der Waals surface area (Å²) in [7, 11) is 0. The summed E-state index contributed by atoms with van der Waals surface area (Å²) in [6.45, 7) is 0. The Labute approximate surface area is 156 Å². The zero-order chi connectivity index (χ0) is 16.5. The van der Waals surface area contributed by atoms with Crippen molar-refractivity contribution in [2.75, 3.05) is 0 Å². The van der Waals surface area contributed by atoms with Crippen molar-refractivity contribution >= 4 is 53.4 Å². The first-order chi connectivity index (χ1) is 11.6. The summed E-state index contributed by atoms with van der Waals surface area (Å²) >= 11 is 7.21. The summed E-state index contributed by atoms with van der Waals surface area (Å²) < 4.78 is 1.95. The van der Waals surface area contributed by atoms with Crippen LogP contribution in [-0.2, 0) is 5.60 Å². The predicted molar refractivity (Wildman–Crippen MR) is 105 cm³/mol. The number of aliphatic hydroxyl groups is 1. The number of rotatable bonds is 1. The summed E-state index contributed by atoms with van der Waals surface area (Å²) in [5, 5.41) is 16.5. The Morgan fingerprint density at radius 1 is 0.667 bits per heavy atom. The zero-order valence-corrected chi connectivity index (χ0v) is 15.7. The Kier molecular flexibility index (Phi) is 3.00. The molecule has 0 saturated carbocycles. The van der Waals surface area contributed by atoms with Crippen molar-refractivity contribution in [1.82, 2.24) is 0 Å². The normalized spacial score (nSPS) is 14.8. The molecule has 0 saturated heterocycles. The molecule has 3 heteroatoms. The molecule has 0 aromatic heterocycles. The van der Waals surface area contributed by atoms with Gasteiger partial charge in [0.2, 0.25) is 0 Å². The van der Waals surface area contributed by atoms with Gasteiger partial charge < -0.3 is 5.11 Å². The summed E-state index contributed by atoms with van der Waals surface area (Å²) in [4.78, 5) is 0. The van der Waals surface area contributed by atoms with Crippen molar-refractivity contribution in [2.45, 2.75) is 5.60 Å². The van der Waals surface area contributed by atoms with Gasteiger partial charge in [0.1, 0.15) is 5.60 Å². The maximum Gasteiger partial charge on any atom is 0.141 e. The molecule has 0 bridgehead atoms. The zero-order valence-electron chi connectivity index (χ0n) is 12.6. The first-order valence-corrected chi connectivity index (χ1v) is 9.32. The van der Waals surface area contributed by atoms with Gasteiger partial charge in [-0.1, -0.05) is 74.3 Å². The van der Waals surface area contributed by atoms with Gasteiger partial charge in [0.15, 0.2) is 0 Å². The van der Waals surface area contributed by atoms with Crippen LogP contribution in [0.1, 0.15) is 16.7 Å². The average Bonchev–Trinajstić information content (AvgIpc) is 2.84. The van der Waals surface area contributed by atoms with Gasteiger partial charge in [-0.2, -0.15) is 0 Å². The SMILES string of the molecule is OC1(c2ccccc2)c2cc(Br)cc3ccc4cc(Br)cc1c4c23. The van der Waals surface area contributed by atoms with Gasteiger partial charge in [0.05, 0.1) is 0 Å². The fourth-order valence-corrected chi connectivity index (χ4v) is 4.91. The molecule has 4 aromatic carbocycles. The van der Waals surface area contributed by atoms with Crippen LogP contribution in [0.5, 0.6) is 0 Å². The highest BCUT2D eigenvalue weighted by molar-refractivity contribution is 9.10. The highest BCUT2D eigenvalue weighted by Gasteiger charge is 2.42. The molecule has 116 valence electrons. The second kappa shape index (κ2) is 4.92. The van der Waals surface area contributed by atoms with Crippen LogP contribution in [0.3, 0.4) is 0 Å². The van der Waals surface area contributed by atoms with Crippen LogP contribution in [0.15, 0.2) is 75.7 Å². The lowest BCUT2D eigenvalue weighted by Gasteiger charge is -2.27. The Bertz CT molecular complexity index is 1060. The van der Waals surface area contributed by atoms with Gasteiger partial charge >= 0.3 is 0 Å². The minimum Gasteiger partial charge on any atom is -0.376 e. The van der Waals surface area contributed by atoms with Crippen molar-refractivity contribution in [2.24, 2.45) is 0 Å². The van der Waals surface area contributed by atoms with Crippen LogP contribution in [0.25, 0.3) is 21.5 Å². The second-order valence-electron chi connectivity index (χ2n) is 6.24. The smallest absolute Gasteiger partial charge is 0.141 e. The van der Waals surface area contributed by atoms with Crippen LogP contribution in [0, 0.1) is 0 Å². The Morgan fingerprint density at radius 2 is 1.17 bits per heavy atom. The molecule has 1 aliphatic rings. The van der Waals surface area contributed by atoms with Crippen molar-refractivity contribution in [3.63, 3.8) is 0 Å². The van der Waals surface area contributed by atoms with E-state index < -0.39 is 5.60 Å². The highest BCUT2D eigenvalue weighted by atomic mass is 79.9. The number of hydrogen-bond donors (Lipinski definition) is 1. The number of benzene rings is 4. The highest BCUT2D eigenvalue weighted by Crippen LogP contribution is 2.52. The van der Waals surface area contributed by atoms with E-state index in [9.17, 15) is 5.11 Å². The largest absolute Gasteiger partial charge is 0.376 e. The van der Waals surface area contributed by atoms with E-state index in [0.717, 1.165) is 47.2 Å². The molecule has 4 aromatic rings. The quantitative estimate of drug-likeness (QED) is 0.354. The third kappa shape index (κ3) is 1.78. The third-order valence-corrected chi connectivity index (χ3v) is 5.85. The van der Waals surface area contributed by atoms with Gasteiger partial charge in [-0.3, -0.25) is 0 Å². The average molecular weight is 440 g/mol. The minimum absolute atomic E-state index is 0.889. The molecule has 1 nitrogen and oxygen atoms in total. The topological polar surface area (TPSA) is 20.2 Å². The second-order valence-corrected chi connectivity index (χ2v) is 8.08. The van der Waals surface area contributed by atoms with Crippen molar-refractivity contribution in [1.29, 1.82) is 0 Å². The Balaban J connectivity index is 2.04. The minimum atomic E-state index is -1.14. The van der Waals surface area contributed by atoms with Crippen LogP contribution in [0.2, 0.25) is 0 Å². The van der Waals surface area contributed by atoms with Gasteiger partial charge in [-0.25, -0.2) is 0 Å². The Hall–Kier alpha value is -1.68. The van der Waals surface area contributed by atoms with E-state index >= 15 is 0 Å². The molecule has 0 radical (unpaired) electrons. The van der Waals surface area contributed by atoms with E-state index in [1.807, 2.05) is 42.5 Å². The molecule has 1 N–H and O–H groups in total. The Morgan fingerprint density at radius 3 is 1.67 bits per heavy atom. The van der Waals surface area contributed by atoms with Crippen LogP contribution in [-0.4, -0.2) is 5.11 Å². The third-order valence-electron chi connectivity index (χ3n) is 4.93. The molecular weight excluding hydrogens is 428 g/mol. The molecule has 0 heterocycles. The fourth-order valence-electron chi connectivity index (χ4n) is 3.96. The summed E-state index contributed by atoms with van der Waals surface area (Å²) in [6, 6.07) is 22.5. The van der Waals surface area contributed by atoms with E-state index in [0.29, 0.717) is 0 Å². The fraction of sp³-hybridized carbons (Fsp3) is 0.0476. The number of halogens is 2. The number of hydrogen-bond acceptors (Lipinski definition) is 1. The van der Waals surface area contributed by atoms with Crippen LogP contribution >= 0.6 is 31.9 Å². The molecule has 0 atom stereocenters. The first-order valence-electron chi connectivity index (χ1n) is 7.73. The lowest BCUT2D eigenvalue weighted by atomic mass is 9.84. The molecule has 0 amide bonds. The van der Waals surface area contributed by atoms with Crippen molar-refractivity contribution < 1.29 is 5.11 Å². The molecule has 0 aliphatic heterocycles. The maximum atomic E-state index is 11.9. The maximum absolute atomic E-state index is 11.9. The van der Waals surface area contributed by atoms with Gasteiger partial charge in [0.25, 0.3) is 0 Å². The van der Waals surface area contributed by atoms with Gasteiger partial charge in [-0.05, 0) is 51.4 Å². The van der Waals surface area contributed by atoms with Gasteiger partial charge in [-0.15, -0.1) is 0 Å². The standard InChI is InChI=1S/C21H12Br2O/c22-15-8-12-6-7-13-9-16(23)11-18-20(13)19(12)17(10-15)21(18,24)14-4-2-1-3-5-14/h1-11,24H. The first kappa shape index (κ1) is 14.6. The van der Waals surface area contributed by atoms with E-state index in [2.05, 4.69) is 56.1 Å². The van der Waals surface area contributed by atoms with Crippen LogP contribution in [0.4, 0.5) is 0 Å². The van der Waals surface area contributed by atoms with Crippen molar-refractivity contribution in [3.05, 3.63) is 92.4 Å². The van der Waals surface area contributed by atoms with E-state index in [4.69, 9.17) is 0 Å². The summed E-state index contributed by atoms with van der Waals surface area (Å²) in [5.74, 6) is 0. The van der Waals surface area contributed by atoms with Crippen molar-refractivity contribution in [3.8, 4) is 0 Å². The molecule has 24 heavy (non-hydrogen) atoms. The summed E-state index contributed by atoms with van der Waals surface area (Å²) in [6.07, 6.45) is 0.